The predicted molar refractivity (Wildman–Crippen MR) is 179 cm³/mol. The molecular formula is C39H51Cl3SiTi. The van der Waals surface area contributed by atoms with Gasteiger partial charge in [0, 0.05) is 0 Å². The Hall–Kier alpha value is -1.06. The normalized spacial score (nSPS) is 15.9. The molecule has 0 spiro atoms. The number of unbranched alkanes of at least 4 members (excludes halogenated alkanes) is 2. The van der Waals surface area contributed by atoms with Crippen molar-refractivity contribution in [2.24, 2.45) is 0 Å². The topological polar surface area (TPSA) is 0 Å². The van der Waals surface area contributed by atoms with Crippen molar-refractivity contribution in [3.05, 3.63) is 111 Å². The van der Waals surface area contributed by atoms with Gasteiger partial charge in [-0.05, 0) is 80.1 Å². The van der Waals surface area contributed by atoms with E-state index in [0.717, 1.165) is 12.8 Å². The molecule has 0 nitrogen and oxygen atoms in total. The van der Waals surface area contributed by atoms with Crippen LogP contribution < -0.4 is 52.8 Å². The van der Waals surface area contributed by atoms with Gasteiger partial charge in [0.1, 0.15) is 8.07 Å². The molecule has 0 saturated heterocycles. The van der Waals surface area contributed by atoms with Crippen LogP contribution in [0, 0.1) is 33.8 Å². The summed E-state index contributed by atoms with van der Waals surface area (Å²) in [5.41, 5.74) is 12.7. The molecular weight excluding hydrogens is 651 g/mol. The zero-order valence-corrected chi connectivity index (χ0v) is 33.4. The molecule has 236 valence electrons. The molecule has 1 aliphatic carbocycles. The van der Waals surface area contributed by atoms with Gasteiger partial charge in [0.05, 0.1) is 0 Å². The van der Waals surface area contributed by atoms with Gasteiger partial charge in [-0.25, -0.2) is 5.57 Å². The second-order valence-electron chi connectivity index (χ2n) is 12.9. The predicted octanol–water partition coefficient (Wildman–Crippen LogP) is -0.0550. The van der Waals surface area contributed by atoms with Gasteiger partial charge in [-0.2, -0.15) is 11.1 Å². The zero-order chi connectivity index (χ0) is 29.2. The first-order chi connectivity index (χ1) is 19.0. The van der Waals surface area contributed by atoms with Crippen LogP contribution in [0.15, 0.2) is 71.3 Å². The molecule has 0 saturated carbocycles. The smallest absolute Gasteiger partial charge is 1.00 e. The fourth-order valence-corrected chi connectivity index (χ4v) is 13.8. The molecule has 0 aromatic heterocycles. The molecule has 0 heterocycles. The number of aryl methyl sites for hydroxylation is 6. The van der Waals surface area contributed by atoms with Gasteiger partial charge in [-0.15, -0.1) is 6.92 Å². The molecule has 1 unspecified atom stereocenters. The second-order valence-corrected chi connectivity index (χ2v) is 17.1. The molecule has 0 radical (unpaired) electrons. The van der Waals surface area contributed by atoms with Crippen LogP contribution in [-0.4, -0.2) is 8.07 Å². The summed E-state index contributed by atoms with van der Waals surface area (Å²) in [6.45, 7) is 23.2. The van der Waals surface area contributed by atoms with Crippen molar-refractivity contribution in [2.45, 2.75) is 113 Å². The van der Waals surface area contributed by atoms with Crippen molar-refractivity contribution < 1.29 is 58.9 Å². The number of rotatable bonds is 10. The van der Waals surface area contributed by atoms with Gasteiger partial charge in [-0.3, -0.25) is 6.08 Å². The van der Waals surface area contributed by atoms with Gasteiger partial charge in [-0.1, -0.05) is 129 Å². The molecule has 4 rings (SSSR count). The molecule has 0 N–H and O–H groups in total. The first kappa shape index (κ1) is 42.9. The SMILES string of the molecule is CCCCc1cc(CCCC)cc([Si](c2cc(C)cc(C)c2)(c2cc(C)cc(C)c2)C2(C)[C-]=C(C)C(C)=C2C)c1.[Cl-].[Cl-].[Cl-].[Ti+4]. The third-order valence-corrected chi connectivity index (χ3v) is 15.0. The van der Waals surface area contributed by atoms with E-state index in [1.54, 1.807) is 5.19 Å². The molecule has 0 aliphatic heterocycles. The summed E-state index contributed by atoms with van der Waals surface area (Å²) in [4.78, 5) is 0. The first-order valence-corrected chi connectivity index (χ1v) is 17.6. The Morgan fingerprint density at radius 2 is 0.932 bits per heavy atom. The molecule has 44 heavy (non-hydrogen) atoms. The Balaban J connectivity index is 0.00000462. The minimum absolute atomic E-state index is 0. The summed E-state index contributed by atoms with van der Waals surface area (Å²) in [7, 11) is -2.72. The zero-order valence-electron chi connectivity index (χ0n) is 28.6. The van der Waals surface area contributed by atoms with Crippen LogP contribution in [0.1, 0.15) is 101 Å². The Bertz CT molecular complexity index is 1350. The summed E-state index contributed by atoms with van der Waals surface area (Å²) < 4.78 is 0. The molecule has 5 heteroatoms. The Kier molecular flexibility index (Phi) is 17.3. The van der Waals surface area contributed by atoms with Gasteiger partial charge < -0.3 is 37.2 Å². The van der Waals surface area contributed by atoms with Crippen molar-refractivity contribution in [3.8, 4) is 0 Å². The monoisotopic (exact) mass is 700 g/mol. The number of hydrogen-bond acceptors (Lipinski definition) is 0. The van der Waals surface area contributed by atoms with Crippen LogP contribution >= 0.6 is 0 Å². The van der Waals surface area contributed by atoms with Crippen LogP contribution in [0.2, 0.25) is 5.04 Å². The molecule has 3 aromatic rings. The molecule has 1 atom stereocenters. The van der Waals surface area contributed by atoms with Gasteiger partial charge in [0.2, 0.25) is 0 Å². The quantitative estimate of drug-likeness (QED) is 0.158. The van der Waals surface area contributed by atoms with Crippen molar-refractivity contribution in [1.82, 2.24) is 0 Å². The average Bonchev–Trinajstić information content (AvgIpc) is 3.08. The second kappa shape index (κ2) is 17.7. The van der Waals surface area contributed by atoms with Crippen LogP contribution in [-0.2, 0) is 34.6 Å². The van der Waals surface area contributed by atoms with E-state index in [4.69, 9.17) is 0 Å². The number of hydrogen-bond donors (Lipinski definition) is 0. The van der Waals surface area contributed by atoms with E-state index in [-0.39, 0.29) is 64.0 Å². The average molecular weight is 702 g/mol. The van der Waals surface area contributed by atoms with Gasteiger partial charge in [0.15, 0.2) is 0 Å². The first-order valence-electron chi connectivity index (χ1n) is 15.6. The van der Waals surface area contributed by atoms with E-state index >= 15 is 0 Å². The van der Waals surface area contributed by atoms with E-state index in [1.165, 1.54) is 86.2 Å². The minimum atomic E-state index is -2.72. The van der Waals surface area contributed by atoms with E-state index in [9.17, 15) is 0 Å². The van der Waals surface area contributed by atoms with Gasteiger partial charge in [0.25, 0.3) is 0 Å². The van der Waals surface area contributed by atoms with E-state index in [1.807, 2.05) is 0 Å². The number of allylic oxidation sites excluding steroid dienone is 4. The van der Waals surface area contributed by atoms with E-state index in [0.29, 0.717) is 0 Å². The largest absolute Gasteiger partial charge is 4.00 e. The number of benzene rings is 3. The maximum Gasteiger partial charge on any atom is 4.00 e. The van der Waals surface area contributed by atoms with Crippen molar-refractivity contribution in [1.29, 1.82) is 0 Å². The summed E-state index contributed by atoms with van der Waals surface area (Å²) in [6.07, 6.45) is 11.4. The summed E-state index contributed by atoms with van der Waals surface area (Å²) in [6, 6.07) is 22.5. The molecule has 0 fully saturated rings. The molecule has 1 aliphatic rings. The molecule has 0 amide bonds. The molecule has 0 bridgehead atoms. The van der Waals surface area contributed by atoms with Crippen LogP contribution in [0.5, 0.6) is 0 Å². The van der Waals surface area contributed by atoms with E-state index < -0.39 is 8.07 Å². The Morgan fingerprint density at radius 3 is 1.25 bits per heavy atom. The summed E-state index contributed by atoms with van der Waals surface area (Å²) in [5.74, 6) is 0. The van der Waals surface area contributed by atoms with Crippen LogP contribution in [0.4, 0.5) is 0 Å². The summed E-state index contributed by atoms with van der Waals surface area (Å²) >= 11 is 0. The van der Waals surface area contributed by atoms with Crippen molar-refractivity contribution in [2.75, 3.05) is 0 Å². The van der Waals surface area contributed by atoms with E-state index in [2.05, 4.69) is 130 Å². The fraction of sp³-hybridized carbons (Fsp3) is 0.436. The number of halogens is 3. The fourth-order valence-electron chi connectivity index (χ4n) is 7.37. The van der Waals surface area contributed by atoms with Crippen molar-refractivity contribution >= 4 is 23.6 Å². The van der Waals surface area contributed by atoms with Crippen molar-refractivity contribution in [3.63, 3.8) is 0 Å². The maximum atomic E-state index is 4.17. The van der Waals surface area contributed by atoms with Gasteiger partial charge >= 0.3 is 21.7 Å². The van der Waals surface area contributed by atoms with Crippen LogP contribution in [0.25, 0.3) is 0 Å². The Morgan fingerprint density at radius 1 is 0.568 bits per heavy atom. The molecule has 3 aromatic carbocycles. The minimum Gasteiger partial charge on any atom is -1.00 e. The van der Waals surface area contributed by atoms with Crippen LogP contribution in [0.3, 0.4) is 0 Å². The third-order valence-electron chi connectivity index (χ3n) is 9.50. The standard InChI is InChI=1S/C39H51Si.3ClH.Ti/c1-11-13-15-34-23-35(16-14-12-2)25-38(24-34)40(36-19-27(3)17-28(4)20-36,37-21-29(5)18-30(6)22-37)39(10)26-31(7)32(8)33(39)9;;;;/h17-25H,11-16H2,1-10H3;3*1H;/q-1;;;;+4/p-3. The maximum absolute atomic E-state index is 4.17. The Labute approximate surface area is 304 Å². The summed E-state index contributed by atoms with van der Waals surface area (Å²) in [5, 5.41) is 4.38. The third kappa shape index (κ3) is 8.26.